The van der Waals surface area contributed by atoms with Crippen molar-refractivity contribution >= 4 is 0 Å². The molecule has 1 aliphatic rings. The molecule has 0 aliphatic heterocycles. The van der Waals surface area contributed by atoms with Gasteiger partial charge in [-0.1, -0.05) is 13.8 Å². The molecular weight excluding hydrogens is 164 g/mol. The lowest BCUT2D eigenvalue weighted by Crippen LogP contribution is -2.45. The van der Waals surface area contributed by atoms with Gasteiger partial charge in [0.25, 0.3) is 0 Å². The molecule has 0 radical (unpaired) electrons. The van der Waals surface area contributed by atoms with Crippen molar-refractivity contribution in [3.8, 4) is 0 Å². The second-order valence-corrected chi connectivity index (χ2v) is 4.26. The maximum atomic E-state index is 12.5. The highest BCUT2D eigenvalue weighted by atomic mass is 19.3. The maximum Gasteiger partial charge on any atom is 0.248 e. The molecule has 1 rings (SSSR count). The van der Waals surface area contributed by atoms with Gasteiger partial charge >= 0.3 is 0 Å². The van der Waals surface area contributed by atoms with Crippen molar-refractivity contribution in [3.63, 3.8) is 0 Å². The Bertz CT molecular complexity index is 162. The second-order valence-electron chi connectivity index (χ2n) is 4.26. The first-order chi connectivity index (χ1) is 5.37. The third-order valence-electron chi connectivity index (χ3n) is 2.65. The van der Waals surface area contributed by atoms with Crippen molar-refractivity contribution in [2.75, 3.05) is 6.61 Å². The normalized spacial score (nSPS) is 23.8. The summed E-state index contributed by atoms with van der Waals surface area (Å²) < 4.78 is 25.0. The highest BCUT2D eigenvalue weighted by molar-refractivity contribution is 4.94. The zero-order chi connectivity index (χ0) is 9.41. The number of nitrogens with two attached hydrogens (primary N) is 1. The topological polar surface area (TPSA) is 35.2 Å². The smallest absolute Gasteiger partial charge is 0.248 e. The van der Waals surface area contributed by atoms with E-state index in [9.17, 15) is 8.78 Å². The van der Waals surface area contributed by atoms with Gasteiger partial charge in [-0.25, -0.2) is 14.7 Å². The van der Waals surface area contributed by atoms with Crippen molar-refractivity contribution in [3.05, 3.63) is 0 Å². The minimum Gasteiger partial charge on any atom is -0.304 e. The van der Waals surface area contributed by atoms with E-state index in [1.54, 1.807) is 0 Å². The number of alkyl halides is 2. The van der Waals surface area contributed by atoms with Crippen LogP contribution in [0.25, 0.3) is 0 Å². The third-order valence-corrected chi connectivity index (χ3v) is 2.65. The van der Waals surface area contributed by atoms with Gasteiger partial charge in [0.05, 0.1) is 6.61 Å². The van der Waals surface area contributed by atoms with Gasteiger partial charge < -0.3 is 4.84 Å². The summed E-state index contributed by atoms with van der Waals surface area (Å²) >= 11 is 0. The number of hydrogen-bond acceptors (Lipinski definition) is 2. The quantitative estimate of drug-likeness (QED) is 0.672. The van der Waals surface area contributed by atoms with E-state index in [0.717, 1.165) is 0 Å². The van der Waals surface area contributed by atoms with E-state index in [1.807, 2.05) is 13.8 Å². The molecule has 0 atom stereocenters. The fourth-order valence-electron chi connectivity index (χ4n) is 1.55. The predicted octanol–water partition coefficient (Wildman–Crippen LogP) is 1.95. The van der Waals surface area contributed by atoms with Gasteiger partial charge in [-0.05, 0) is 11.3 Å². The lowest BCUT2D eigenvalue weighted by Gasteiger charge is -2.44. The molecule has 0 amide bonds. The highest BCUT2D eigenvalue weighted by Gasteiger charge is 2.51. The van der Waals surface area contributed by atoms with Gasteiger partial charge in [-0.2, -0.15) is 0 Å². The summed E-state index contributed by atoms with van der Waals surface area (Å²) in [5, 5.41) is 0. The van der Waals surface area contributed by atoms with E-state index < -0.39 is 5.92 Å². The Morgan fingerprint density at radius 2 is 2.00 bits per heavy atom. The van der Waals surface area contributed by atoms with Gasteiger partial charge in [0.15, 0.2) is 0 Å². The minimum atomic E-state index is -2.45. The Labute approximate surface area is 71.0 Å². The summed E-state index contributed by atoms with van der Waals surface area (Å²) in [7, 11) is 0. The van der Waals surface area contributed by atoms with Crippen LogP contribution in [-0.4, -0.2) is 12.5 Å². The molecule has 12 heavy (non-hydrogen) atoms. The Hall–Kier alpha value is -0.220. The van der Waals surface area contributed by atoms with Crippen LogP contribution in [0.5, 0.6) is 0 Å². The van der Waals surface area contributed by atoms with Crippen molar-refractivity contribution in [2.24, 2.45) is 17.2 Å². The van der Waals surface area contributed by atoms with Gasteiger partial charge in [0.1, 0.15) is 0 Å². The molecule has 4 heteroatoms. The Morgan fingerprint density at radius 1 is 1.50 bits per heavy atom. The van der Waals surface area contributed by atoms with Crippen LogP contribution in [0.15, 0.2) is 0 Å². The van der Waals surface area contributed by atoms with Gasteiger partial charge in [0, 0.05) is 12.8 Å². The molecule has 0 spiro atoms. The standard InChI is InChI=1S/C8H15F2NO/c1-7(2,5-12-11)6-3-8(9,10)4-6/h6H,3-5,11H2,1-2H3. The molecule has 0 aromatic rings. The largest absolute Gasteiger partial charge is 0.304 e. The molecule has 0 unspecified atom stereocenters. The van der Waals surface area contributed by atoms with E-state index >= 15 is 0 Å². The molecule has 1 aliphatic carbocycles. The summed E-state index contributed by atoms with van der Waals surface area (Å²) in [6.07, 6.45) is -0.0489. The molecular formula is C8H15F2NO. The SMILES string of the molecule is CC(C)(CON)C1CC(F)(F)C1. The number of rotatable bonds is 3. The van der Waals surface area contributed by atoms with E-state index in [1.165, 1.54) is 0 Å². The van der Waals surface area contributed by atoms with Crippen molar-refractivity contribution < 1.29 is 13.6 Å². The first-order valence-electron chi connectivity index (χ1n) is 4.07. The summed E-state index contributed by atoms with van der Waals surface area (Å²) in [4.78, 5) is 4.49. The van der Waals surface area contributed by atoms with Crippen LogP contribution < -0.4 is 5.90 Å². The zero-order valence-electron chi connectivity index (χ0n) is 7.44. The monoisotopic (exact) mass is 179 g/mol. The Balaban J connectivity index is 2.40. The third kappa shape index (κ3) is 1.93. The first kappa shape index (κ1) is 9.86. The predicted molar refractivity (Wildman–Crippen MR) is 41.6 cm³/mol. The highest BCUT2D eigenvalue weighted by Crippen LogP contribution is 2.50. The molecule has 72 valence electrons. The first-order valence-corrected chi connectivity index (χ1v) is 4.07. The van der Waals surface area contributed by atoms with Crippen molar-refractivity contribution in [1.82, 2.24) is 0 Å². The zero-order valence-corrected chi connectivity index (χ0v) is 7.44. The van der Waals surface area contributed by atoms with Crippen LogP contribution >= 0.6 is 0 Å². The van der Waals surface area contributed by atoms with Crippen LogP contribution in [0.2, 0.25) is 0 Å². The van der Waals surface area contributed by atoms with Crippen LogP contribution in [0.1, 0.15) is 26.7 Å². The van der Waals surface area contributed by atoms with Crippen LogP contribution in [0, 0.1) is 11.3 Å². The van der Waals surface area contributed by atoms with Crippen LogP contribution in [0.3, 0.4) is 0 Å². The number of hydrogen-bond donors (Lipinski definition) is 1. The molecule has 0 aromatic carbocycles. The maximum absolute atomic E-state index is 12.5. The average molecular weight is 179 g/mol. The summed E-state index contributed by atoms with van der Waals surface area (Å²) in [5.41, 5.74) is -0.226. The second kappa shape index (κ2) is 2.92. The van der Waals surface area contributed by atoms with E-state index in [4.69, 9.17) is 5.90 Å². The molecule has 0 bridgehead atoms. The van der Waals surface area contributed by atoms with E-state index in [-0.39, 0.29) is 24.2 Å². The Kier molecular flexibility index (Phi) is 2.40. The lowest BCUT2D eigenvalue weighted by molar-refractivity contribution is -0.153. The summed E-state index contributed by atoms with van der Waals surface area (Å²) in [5.74, 6) is 2.50. The van der Waals surface area contributed by atoms with Gasteiger partial charge in [0.2, 0.25) is 5.92 Å². The molecule has 2 N–H and O–H groups in total. The molecule has 0 heterocycles. The van der Waals surface area contributed by atoms with Crippen LogP contribution in [-0.2, 0) is 4.84 Å². The Morgan fingerprint density at radius 3 is 2.33 bits per heavy atom. The molecule has 1 fully saturated rings. The van der Waals surface area contributed by atoms with E-state index in [2.05, 4.69) is 4.84 Å². The van der Waals surface area contributed by atoms with Crippen molar-refractivity contribution in [2.45, 2.75) is 32.6 Å². The minimum absolute atomic E-state index is 0.0244. The molecule has 2 nitrogen and oxygen atoms in total. The van der Waals surface area contributed by atoms with Gasteiger partial charge in [-0.3, -0.25) is 0 Å². The fraction of sp³-hybridized carbons (Fsp3) is 1.00. The van der Waals surface area contributed by atoms with Crippen LogP contribution in [0.4, 0.5) is 8.78 Å². The summed E-state index contributed by atoms with van der Waals surface area (Å²) in [6.45, 7) is 4.15. The fourth-order valence-corrected chi connectivity index (χ4v) is 1.55. The summed E-state index contributed by atoms with van der Waals surface area (Å²) in [6, 6.07) is 0. The van der Waals surface area contributed by atoms with E-state index in [0.29, 0.717) is 6.61 Å². The molecule has 0 aromatic heterocycles. The van der Waals surface area contributed by atoms with Crippen molar-refractivity contribution in [1.29, 1.82) is 0 Å². The number of halogens is 2. The van der Waals surface area contributed by atoms with Gasteiger partial charge in [-0.15, -0.1) is 0 Å². The average Bonchev–Trinajstić information content (AvgIpc) is 1.82. The lowest BCUT2D eigenvalue weighted by atomic mass is 9.66. The molecule has 1 saturated carbocycles. The molecule has 0 saturated heterocycles.